The molecule has 0 bridgehead atoms. The zero-order chi connectivity index (χ0) is 9.38. The average Bonchev–Trinajstić information content (AvgIpc) is 2.92. The third-order valence-corrected chi connectivity index (χ3v) is 3.34. The van der Waals surface area contributed by atoms with Crippen LogP contribution in [0, 0.1) is 0 Å². The predicted octanol–water partition coefficient (Wildman–Crippen LogP) is 2.43. The first-order chi connectivity index (χ1) is 6.92. The van der Waals surface area contributed by atoms with Crippen molar-refractivity contribution in [2.24, 2.45) is 0 Å². The van der Waals surface area contributed by atoms with Crippen LogP contribution in [0.4, 0.5) is 0 Å². The molecule has 0 unspecified atom stereocenters. The minimum Gasteiger partial charge on any atom is -0.310 e. The molecule has 1 heteroatoms. The van der Waals surface area contributed by atoms with Gasteiger partial charge >= 0.3 is 0 Å². The van der Waals surface area contributed by atoms with Gasteiger partial charge in [-0.05, 0) is 48.8 Å². The third kappa shape index (κ3) is 1.69. The molecule has 74 valence electrons. The molecule has 1 nitrogen and oxygen atoms in total. The molecular weight excluding hydrogens is 170 g/mol. The van der Waals surface area contributed by atoms with E-state index in [-0.39, 0.29) is 0 Å². The van der Waals surface area contributed by atoms with E-state index in [0.29, 0.717) is 0 Å². The second-order valence-corrected chi connectivity index (χ2v) is 4.61. The minimum absolute atomic E-state index is 0.822. The van der Waals surface area contributed by atoms with Crippen LogP contribution in [-0.2, 0) is 19.4 Å². The maximum Gasteiger partial charge on any atom is 0.0208 e. The van der Waals surface area contributed by atoms with Crippen molar-refractivity contribution in [1.29, 1.82) is 0 Å². The summed E-state index contributed by atoms with van der Waals surface area (Å²) in [5.74, 6) is 0. The molecule has 1 saturated carbocycles. The standard InChI is InChI=1S/C13H17N/c1-2-11-5-4-10(8-12(11)3-1)9-14-13-6-7-13/h4-5,8,13-14H,1-3,6-7,9H2. The van der Waals surface area contributed by atoms with Crippen LogP contribution in [0.1, 0.15) is 36.0 Å². The Morgan fingerprint density at radius 1 is 1.14 bits per heavy atom. The lowest BCUT2D eigenvalue weighted by atomic mass is 10.1. The lowest BCUT2D eigenvalue weighted by Gasteiger charge is -2.05. The van der Waals surface area contributed by atoms with Crippen LogP contribution in [0.5, 0.6) is 0 Å². The normalized spacial score (nSPS) is 19.7. The Balaban J connectivity index is 1.71. The van der Waals surface area contributed by atoms with Gasteiger partial charge in [0.1, 0.15) is 0 Å². The molecule has 14 heavy (non-hydrogen) atoms. The minimum atomic E-state index is 0.822. The Morgan fingerprint density at radius 3 is 2.86 bits per heavy atom. The first-order valence-corrected chi connectivity index (χ1v) is 5.76. The lowest BCUT2D eigenvalue weighted by Crippen LogP contribution is -2.15. The summed E-state index contributed by atoms with van der Waals surface area (Å²) in [6.07, 6.45) is 6.71. The van der Waals surface area contributed by atoms with Crippen molar-refractivity contribution in [3.8, 4) is 0 Å². The third-order valence-electron chi connectivity index (χ3n) is 3.34. The van der Waals surface area contributed by atoms with Crippen molar-refractivity contribution in [3.63, 3.8) is 0 Å². The molecule has 0 aromatic heterocycles. The van der Waals surface area contributed by atoms with Crippen LogP contribution in [0.2, 0.25) is 0 Å². The number of fused-ring (bicyclic) bond motifs is 1. The summed E-state index contributed by atoms with van der Waals surface area (Å²) in [6.45, 7) is 1.07. The predicted molar refractivity (Wildman–Crippen MR) is 58.3 cm³/mol. The van der Waals surface area contributed by atoms with Gasteiger partial charge < -0.3 is 5.32 Å². The Hall–Kier alpha value is -0.820. The summed E-state index contributed by atoms with van der Waals surface area (Å²) < 4.78 is 0. The fraction of sp³-hybridized carbons (Fsp3) is 0.538. The second kappa shape index (κ2) is 3.39. The van der Waals surface area contributed by atoms with Gasteiger partial charge in [0.25, 0.3) is 0 Å². The number of aryl methyl sites for hydroxylation is 2. The highest BCUT2D eigenvalue weighted by Crippen LogP contribution is 2.24. The van der Waals surface area contributed by atoms with Crippen LogP contribution in [0.25, 0.3) is 0 Å². The average molecular weight is 187 g/mol. The fourth-order valence-electron chi connectivity index (χ4n) is 2.28. The number of hydrogen-bond donors (Lipinski definition) is 1. The highest BCUT2D eigenvalue weighted by molar-refractivity contribution is 5.35. The van der Waals surface area contributed by atoms with Gasteiger partial charge in [-0.15, -0.1) is 0 Å². The highest BCUT2D eigenvalue weighted by Gasteiger charge is 2.20. The van der Waals surface area contributed by atoms with Crippen LogP contribution < -0.4 is 5.32 Å². The maximum atomic E-state index is 3.56. The molecule has 1 aromatic rings. The van der Waals surface area contributed by atoms with Gasteiger partial charge in [0.2, 0.25) is 0 Å². The van der Waals surface area contributed by atoms with E-state index in [9.17, 15) is 0 Å². The van der Waals surface area contributed by atoms with Gasteiger partial charge in [0.15, 0.2) is 0 Å². The molecule has 1 aromatic carbocycles. The van der Waals surface area contributed by atoms with Crippen LogP contribution >= 0.6 is 0 Å². The van der Waals surface area contributed by atoms with E-state index in [2.05, 4.69) is 23.5 Å². The molecule has 3 rings (SSSR count). The van der Waals surface area contributed by atoms with Crippen molar-refractivity contribution in [2.75, 3.05) is 0 Å². The number of nitrogens with one attached hydrogen (secondary N) is 1. The fourth-order valence-corrected chi connectivity index (χ4v) is 2.28. The van der Waals surface area contributed by atoms with E-state index in [1.165, 1.54) is 37.7 Å². The summed E-state index contributed by atoms with van der Waals surface area (Å²) in [5.41, 5.74) is 4.65. The molecule has 0 spiro atoms. The van der Waals surface area contributed by atoms with Gasteiger partial charge in [-0.3, -0.25) is 0 Å². The monoisotopic (exact) mass is 187 g/mol. The van der Waals surface area contributed by atoms with Crippen LogP contribution in [-0.4, -0.2) is 6.04 Å². The lowest BCUT2D eigenvalue weighted by molar-refractivity contribution is 0.687. The van der Waals surface area contributed by atoms with Crippen molar-refractivity contribution >= 4 is 0 Å². The first kappa shape index (κ1) is 8.49. The Labute approximate surface area is 85.5 Å². The number of benzene rings is 1. The van der Waals surface area contributed by atoms with Crippen LogP contribution in [0.15, 0.2) is 18.2 Å². The van der Waals surface area contributed by atoms with Gasteiger partial charge in [-0.1, -0.05) is 18.2 Å². The molecule has 1 N–H and O–H groups in total. The molecule has 2 aliphatic rings. The van der Waals surface area contributed by atoms with E-state index in [1.807, 2.05) is 0 Å². The van der Waals surface area contributed by atoms with Crippen molar-refractivity contribution in [2.45, 2.75) is 44.7 Å². The zero-order valence-corrected chi connectivity index (χ0v) is 8.55. The van der Waals surface area contributed by atoms with Gasteiger partial charge in [-0.2, -0.15) is 0 Å². The zero-order valence-electron chi connectivity index (χ0n) is 8.55. The molecule has 0 heterocycles. The molecule has 0 saturated heterocycles. The largest absolute Gasteiger partial charge is 0.310 e. The smallest absolute Gasteiger partial charge is 0.0208 e. The number of hydrogen-bond acceptors (Lipinski definition) is 1. The Bertz CT molecular complexity index is 339. The van der Waals surface area contributed by atoms with Gasteiger partial charge in [0, 0.05) is 12.6 Å². The van der Waals surface area contributed by atoms with E-state index in [1.54, 1.807) is 11.1 Å². The van der Waals surface area contributed by atoms with Gasteiger partial charge in [-0.25, -0.2) is 0 Å². The summed E-state index contributed by atoms with van der Waals surface area (Å²) in [6, 6.07) is 7.84. The first-order valence-electron chi connectivity index (χ1n) is 5.76. The SMILES string of the molecule is c1cc2c(cc1CNC1CC1)CCC2. The summed E-state index contributed by atoms with van der Waals surface area (Å²) in [4.78, 5) is 0. The molecule has 0 aliphatic heterocycles. The molecular formula is C13H17N. The Kier molecular flexibility index (Phi) is 2.06. The van der Waals surface area contributed by atoms with E-state index in [4.69, 9.17) is 0 Å². The van der Waals surface area contributed by atoms with E-state index >= 15 is 0 Å². The topological polar surface area (TPSA) is 12.0 Å². The van der Waals surface area contributed by atoms with E-state index in [0.717, 1.165) is 12.6 Å². The van der Waals surface area contributed by atoms with Gasteiger partial charge in [0.05, 0.1) is 0 Å². The molecule has 0 amide bonds. The second-order valence-electron chi connectivity index (χ2n) is 4.61. The summed E-state index contributed by atoms with van der Waals surface area (Å²) in [5, 5.41) is 3.56. The Morgan fingerprint density at radius 2 is 2.00 bits per heavy atom. The summed E-state index contributed by atoms with van der Waals surface area (Å²) >= 11 is 0. The van der Waals surface area contributed by atoms with Crippen LogP contribution in [0.3, 0.4) is 0 Å². The molecule has 1 fully saturated rings. The van der Waals surface area contributed by atoms with Crippen molar-refractivity contribution in [3.05, 3.63) is 34.9 Å². The maximum absolute atomic E-state index is 3.56. The summed E-state index contributed by atoms with van der Waals surface area (Å²) in [7, 11) is 0. The van der Waals surface area contributed by atoms with E-state index < -0.39 is 0 Å². The highest BCUT2D eigenvalue weighted by atomic mass is 14.9. The number of rotatable bonds is 3. The molecule has 0 atom stereocenters. The van der Waals surface area contributed by atoms with Crippen molar-refractivity contribution in [1.82, 2.24) is 5.32 Å². The quantitative estimate of drug-likeness (QED) is 0.766. The molecule has 2 aliphatic carbocycles. The molecule has 0 radical (unpaired) electrons. The van der Waals surface area contributed by atoms with Crippen molar-refractivity contribution < 1.29 is 0 Å².